The number of nitrogens with zero attached hydrogens (tertiary/aromatic N) is 4. The molecule has 1 atom stereocenters. The van der Waals surface area contributed by atoms with Crippen molar-refractivity contribution in [3.05, 3.63) is 28.5 Å². The summed E-state index contributed by atoms with van der Waals surface area (Å²) in [5.41, 5.74) is 1.56. The number of aliphatic hydroxyl groups excluding tert-OH is 1. The van der Waals surface area contributed by atoms with E-state index < -0.39 is 6.10 Å². The van der Waals surface area contributed by atoms with Gasteiger partial charge in [-0.3, -0.25) is 4.68 Å². The normalized spacial score (nSPS) is 13.0. The quantitative estimate of drug-likeness (QED) is 0.849. The van der Waals surface area contributed by atoms with E-state index in [-0.39, 0.29) is 0 Å². The van der Waals surface area contributed by atoms with Crippen molar-refractivity contribution in [2.45, 2.75) is 26.5 Å². The van der Waals surface area contributed by atoms with E-state index in [0.717, 1.165) is 22.8 Å². The molecule has 0 fully saturated rings. The zero-order valence-corrected chi connectivity index (χ0v) is 9.40. The summed E-state index contributed by atoms with van der Waals surface area (Å²) in [6, 6.07) is 1.81. The maximum atomic E-state index is 10.1. The van der Waals surface area contributed by atoms with Gasteiger partial charge in [-0.1, -0.05) is 4.49 Å². The van der Waals surface area contributed by atoms with E-state index in [9.17, 15) is 5.11 Å². The zero-order chi connectivity index (χ0) is 10.8. The lowest BCUT2D eigenvalue weighted by Crippen LogP contribution is -2.08. The van der Waals surface area contributed by atoms with E-state index in [1.807, 2.05) is 19.9 Å². The summed E-state index contributed by atoms with van der Waals surface area (Å²) < 4.78 is 5.58. The monoisotopic (exact) mass is 224 g/mol. The minimum Gasteiger partial charge on any atom is -0.381 e. The summed E-state index contributed by atoms with van der Waals surface area (Å²) in [5.74, 6) is 0. The van der Waals surface area contributed by atoms with Crippen LogP contribution in [0.5, 0.6) is 0 Å². The Morgan fingerprint density at radius 3 is 3.00 bits per heavy atom. The van der Waals surface area contributed by atoms with E-state index in [1.54, 1.807) is 10.9 Å². The van der Waals surface area contributed by atoms with Gasteiger partial charge in [-0.25, -0.2) is 0 Å². The fraction of sp³-hybridized carbons (Fsp3) is 0.444. The van der Waals surface area contributed by atoms with Gasteiger partial charge in [-0.05, 0) is 31.4 Å². The zero-order valence-electron chi connectivity index (χ0n) is 8.58. The van der Waals surface area contributed by atoms with Gasteiger partial charge >= 0.3 is 0 Å². The first-order valence-corrected chi connectivity index (χ1v) is 5.50. The molecule has 0 aliphatic heterocycles. The van der Waals surface area contributed by atoms with Crippen LogP contribution in [0.15, 0.2) is 12.3 Å². The van der Waals surface area contributed by atoms with Crippen molar-refractivity contribution in [3.63, 3.8) is 0 Å². The highest BCUT2D eigenvalue weighted by Gasteiger charge is 2.19. The minimum atomic E-state index is -0.674. The molecule has 2 rings (SSSR count). The summed E-state index contributed by atoms with van der Waals surface area (Å²) in [4.78, 5) is 0.783. The van der Waals surface area contributed by atoms with E-state index in [2.05, 4.69) is 14.7 Å². The van der Waals surface area contributed by atoms with Crippen LogP contribution in [0.25, 0.3) is 0 Å². The maximum Gasteiger partial charge on any atom is 0.133 e. The number of hydrogen-bond donors (Lipinski definition) is 1. The molecular formula is C9H12N4OS. The van der Waals surface area contributed by atoms with Gasteiger partial charge in [0.25, 0.3) is 0 Å². The molecular weight excluding hydrogens is 212 g/mol. The molecule has 6 heteroatoms. The van der Waals surface area contributed by atoms with Crippen molar-refractivity contribution < 1.29 is 5.11 Å². The van der Waals surface area contributed by atoms with Crippen molar-refractivity contribution >= 4 is 11.5 Å². The highest BCUT2D eigenvalue weighted by atomic mass is 32.1. The Hall–Kier alpha value is -1.27. The number of aryl methyl sites for hydroxylation is 2. The topological polar surface area (TPSA) is 63.8 Å². The van der Waals surface area contributed by atoms with Crippen LogP contribution >= 0.6 is 11.5 Å². The first-order chi connectivity index (χ1) is 7.24. The van der Waals surface area contributed by atoms with Crippen LogP contribution < -0.4 is 0 Å². The Morgan fingerprint density at radius 2 is 2.40 bits per heavy atom. The van der Waals surface area contributed by atoms with E-state index in [1.165, 1.54) is 11.5 Å². The molecule has 2 heterocycles. The molecule has 2 aromatic rings. The molecule has 0 saturated carbocycles. The van der Waals surface area contributed by atoms with E-state index in [4.69, 9.17) is 0 Å². The third kappa shape index (κ3) is 1.78. The van der Waals surface area contributed by atoms with Crippen molar-refractivity contribution in [3.8, 4) is 0 Å². The van der Waals surface area contributed by atoms with Crippen LogP contribution in [0.4, 0.5) is 0 Å². The lowest BCUT2D eigenvalue weighted by molar-refractivity contribution is 0.211. The lowest BCUT2D eigenvalue weighted by atomic mass is 10.2. The first kappa shape index (κ1) is 10.3. The van der Waals surface area contributed by atoms with Crippen LogP contribution in [0.2, 0.25) is 0 Å². The molecule has 15 heavy (non-hydrogen) atoms. The number of aromatic nitrogens is 4. The fourth-order valence-electron chi connectivity index (χ4n) is 1.46. The summed E-state index contributed by atoms with van der Waals surface area (Å²) in [7, 11) is 0. The molecule has 80 valence electrons. The molecule has 5 nitrogen and oxygen atoms in total. The Balaban J connectivity index is 2.36. The Kier molecular flexibility index (Phi) is 2.79. The summed E-state index contributed by atoms with van der Waals surface area (Å²) in [6.45, 7) is 4.57. The largest absolute Gasteiger partial charge is 0.381 e. The lowest BCUT2D eigenvalue weighted by Gasteiger charge is -2.10. The van der Waals surface area contributed by atoms with Crippen LogP contribution in [-0.2, 0) is 6.54 Å². The van der Waals surface area contributed by atoms with E-state index in [0.29, 0.717) is 0 Å². The first-order valence-electron chi connectivity index (χ1n) is 4.72. The van der Waals surface area contributed by atoms with Crippen LogP contribution in [-0.4, -0.2) is 24.5 Å². The average Bonchev–Trinajstić information content (AvgIpc) is 2.84. The molecule has 0 aliphatic rings. The fourth-order valence-corrected chi connectivity index (χ4v) is 2.11. The van der Waals surface area contributed by atoms with Crippen molar-refractivity contribution in [1.29, 1.82) is 0 Å². The Morgan fingerprint density at radius 1 is 1.60 bits per heavy atom. The standard InChI is InChI=1S/C9H12N4OS/c1-3-13-7(4-5-10-13)8(14)9-6(2)11-12-15-9/h4-5,8,14H,3H2,1-2H3. The third-order valence-corrected chi connectivity index (χ3v) is 3.14. The predicted molar refractivity (Wildman–Crippen MR) is 56.6 cm³/mol. The van der Waals surface area contributed by atoms with Gasteiger partial charge < -0.3 is 5.11 Å². The van der Waals surface area contributed by atoms with Crippen LogP contribution in [0, 0.1) is 6.92 Å². The molecule has 1 unspecified atom stereocenters. The van der Waals surface area contributed by atoms with Gasteiger partial charge in [0, 0.05) is 12.7 Å². The second kappa shape index (κ2) is 4.08. The minimum absolute atomic E-state index is 0.674. The van der Waals surface area contributed by atoms with Crippen molar-refractivity contribution in [2.75, 3.05) is 0 Å². The Labute approximate surface area is 91.5 Å². The summed E-state index contributed by atoms with van der Waals surface area (Å²) in [6.07, 6.45) is 1.01. The van der Waals surface area contributed by atoms with Crippen LogP contribution in [0.3, 0.4) is 0 Å². The molecule has 2 aromatic heterocycles. The molecule has 0 amide bonds. The molecule has 0 aromatic carbocycles. The average molecular weight is 224 g/mol. The number of hydrogen-bond acceptors (Lipinski definition) is 5. The molecule has 0 saturated heterocycles. The summed E-state index contributed by atoms with van der Waals surface area (Å²) >= 11 is 1.22. The molecule has 0 bridgehead atoms. The van der Waals surface area contributed by atoms with Gasteiger partial charge in [0.1, 0.15) is 6.10 Å². The molecule has 1 N–H and O–H groups in total. The van der Waals surface area contributed by atoms with Gasteiger partial charge in [0.15, 0.2) is 0 Å². The second-order valence-corrected chi connectivity index (χ2v) is 3.98. The smallest absolute Gasteiger partial charge is 0.133 e. The van der Waals surface area contributed by atoms with Gasteiger partial charge in [0.2, 0.25) is 0 Å². The van der Waals surface area contributed by atoms with Gasteiger partial charge in [0.05, 0.1) is 16.3 Å². The summed E-state index contributed by atoms with van der Waals surface area (Å²) in [5, 5.41) is 18.1. The third-order valence-electron chi connectivity index (χ3n) is 2.26. The maximum absolute atomic E-state index is 10.1. The van der Waals surface area contributed by atoms with Crippen molar-refractivity contribution in [2.24, 2.45) is 0 Å². The SMILES string of the molecule is CCn1nccc1C(O)c1snnc1C. The number of rotatable bonds is 3. The highest BCUT2D eigenvalue weighted by Crippen LogP contribution is 2.25. The Bertz CT molecular complexity index is 450. The van der Waals surface area contributed by atoms with E-state index >= 15 is 0 Å². The number of aliphatic hydroxyl groups is 1. The highest BCUT2D eigenvalue weighted by molar-refractivity contribution is 7.05. The molecule has 0 radical (unpaired) electrons. The molecule has 0 aliphatic carbocycles. The van der Waals surface area contributed by atoms with Crippen molar-refractivity contribution in [1.82, 2.24) is 19.4 Å². The van der Waals surface area contributed by atoms with Gasteiger partial charge in [-0.15, -0.1) is 5.10 Å². The predicted octanol–water partition coefficient (Wildman–Crippen LogP) is 1.14. The van der Waals surface area contributed by atoms with Gasteiger partial charge in [-0.2, -0.15) is 5.10 Å². The molecule has 0 spiro atoms. The second-order valence-electron chi connectivity index (χ2n) is 3.20. The van der Waals surface area contributed by atoms with Crippen LogP contribution in [0.1, 0.15) is 29.3 Å².